The molecule has 0 aromatic carbocycles. The minimum absolute atomic E-state index is 0.212. The van der Waals surface area contributed by atoms with E-state index in [1.54, 1.807) is 0 Å². The highest BCUT2D eigenvalue weighted by molar-refractivity contribution is 5.81. The van der Waals surface area contributed by atoms with Crippen LogP contribution in [0.25, 0.3) is 0 Å². The molecule has 0 aliphatic heterocycles. The normalized spacial score (nSPS) is 12.7. The van der Waals surface area contributed by atoms with Crippen molar-refractivity contribution >= 4 is 11.9 Å². The third-order valence-corrected chi connectivity index (χ3v) is 2.12. The number of methoxy groups -OCH3 is 1. The van der Waals surface area contributed by atoms with Gasteiger partial charge in [-0.1, -0.05) is 13.3 Å². The first-order valence-electron chi connectivity index (χ1n) is 6.33. The Morgan fingerprint density at radius 1 is 1.42 bits per heavy atom. The zero-order valence-electron chi connectivity index (χ0n) is 11.8. The molecule has 19 heavy (non-hydrogen) atoms. The Bertz CT molecular complexity index is 331. The van der Waals surface area contributed by atoms with Gasteiger partial charge in [0, 0.05) is 13.3 Å². The Morgan fingerprint density at radius 2 is 2.11 bits per heavy atom. The first-order chi connectivity index (χ1) is 9.10. The molecular formula is C14H22O5. The van der Waals surface area contributed by atoms with Gasteiger partial charge >= 0.3 is 11.9 Å². The van der Waals surface area contributed by atoms with Crippen LogP contribution >= 0.6 is 0 Å². The summed E-state index contributed by atoms with van der Waals surface area (Å²) in [5, 5.41) is 0. The van der Waals surface area contributed by atoms with Crippen LogP contribution in [0.15, 0.2) is 24.2 Å². The summed E-state index contributed by atoms with van der Waals surface area (Å²) in [7, 11) is 1.48. The van der Waals surface area contributed by atoms with Crippen LogP contribution in [0, 0.1) is 0 Å². The number of ether oxygens (including phenoxy) is 3. The van der Waals surface area contributed by atoms with Gasteiger partial charge in [0.25, 0.3) is 0 Å². The molecule has 0 atom stereocenters. The number of unbranched alkanes of at least 4 members (excludes halogenated alkanes) is 1. The molecule has 0 aromatic heterocycles. The van der Waals surface area contributed by atoms with Gasteiger partial charge in [0.15, 0.2) is 0 Å². The molecule has 0 bridgehead atoms. The maximum Gasteiger partial charge on any atom is 0.333 e. The van der Waals surface area contributed by atoms with Gasteiger partial charge in [-0.15, -0.1) is 0 Å². The largest absolute Gasteiger partial charge is 0.504 e. The van der Waals surface area contributed by atoms with E-state index in [2.05, 4.69) is 4.74 Å². The summed E-state index contributed by atoms with van der Waals surface area (Å²) in [6.07, 6.45) is 8.40. The van der Waals surface area contributed by atoms with Crippen molar-refractivity contribution in [3.8, 4) is 0 Å². The van der Waals surface area contributed by atoms with E-state index in [0.29, 0.717) is 6.61 Å². The van der Waals surface area contributed by atoms with Crippen molar-refractivity contribution in [3.63, 3.8) is 0 Å². The number of carbonyl (C=O) groups is 2. The van der Waals surface area contributed by atoms with E-state index in [1.807, 2.05) is 13.0 Å². The predicted molar refractivity (Wildman–Crippen MR) is 71.1 cm³/mol. The van der Waals surface area contributed by atoms with Crippen LogP contribution in [-0.2, 0) is 23.8 Å². The molecule has 1 aliphatic carbocycles. The molecule has 0 aromatic rings. The quantitative estimate of drug-likeness (QED) is 0.321. The van der Waals surface area contributed by atoms with Crippen LogP contribution in [-0.4, -0.2) is 25.7 Å². The van der Waals surface area contributed by atoms with Crippen LogP contribution in [0.1, 0.15) is 39.5 Å². The van der Waals surface area contributed by atoms with Crippen molar-refractivity contribution in [2.45, 2.75) is 39.5 Å². The lowest BCUT2D eigenvalue weighted by atomic mass is 10.1. The molecule has 0 fully saturated rings. The van der Waals surface area contributed by atoms with Crippen LogP contribution in [0.2, 0.25) is 0 Å². The molecule has 0 heterocycles. The van der Waals surface area contributed by atoms with E-state index >= 15 is 0 Å². The van der Waals surface area contributed by atoms with Crippen molar-refractivity contribution in [1.29, 1.82) is 0 Å². The molecule has 108 valence electrons. The Hall–Kier alpha value is -1.78. The minimum atomic E-state index is -0.347. The minimum Gasteiger partial charge on any atom is -0.504 e. The lowest BCUT2D eigenvalue weighted by Gasteiger charge is -2.11. The summed E-state index contributed by atoms with van der Waals surface area (Å²) in [5.74, 6) is 0.272. The SMILES string of the molecule is CC(=O)OC1=CCC1.CCCCOC(=O)C=COC. The molecule has 0 saturated heterocycles. The fraction of sp³-hybridized carbons (Fsp3) is 0.571. The van der Waals surface area contributed by atoms with Gasteiger partial charge in [-0.3, -0.25) is 4.79 Å². The zero-order valence-corrected chi connectivity index (χ0v) is 11.8. The number of hydrogen-bond donors (Lipinski definition) is 0. The maximum absolute atomic E-state index is 10.7. The fourth-order valence-corrected chi connectivity index (χ4v) is 1.03. The molecule has 5 nitrogen and oxygen atoms in total. The van der Waals surface area contributed by atoms with Crippen molar-refractivity contribution in [1.82, 2.24) is 0 Å². The Balaban J connectivity index is 0.000000356. The summed E-state index contributed by atoms with van der Waals surface area (Å²) in [5.41, 5.74) is 0. The highest BCUT2D eigenvalue weighted by atomic mass is 16.5. The van der Waals surface area contributed by atoms with Crippen LogP contribution in [0.5, 0.6) is 0 Å². The molecule has 0 unspecified atom stereocenters. The summed E-state index contributed by atoms with van der Waals surface area (Å²) < 4.78 is 14.0. The summed E-state index contributed by atoms with van der Waals surface area (Å²) in [6, 6.07) is 0. The van der Waals surface area contributed by atoms with E-state index in [4.69, 9.17) is 9.47 Å². The lowest BCUT2D eigenvalue weighted by molar-refractivity contribution is -0.138. The molecule has 0 N–H and O–H groups in total. The molecule has 0 radical (unpaired) electrons. The van der Waals surface area contributed by atoms with Crippen molar-refractivity contribution < 1.29 is 23.8 Å². The van der Waals surface area contributed by atoms with E-state index < -0.39 is 0 Å². The van der Waals surface area contributed by atoms with Crippen LogP contribution in [0.3, 0.4) is 0 Å². The second-order valence-electron chi connectivity index (χ2n) is 3.86. The van der Waals surface area contributed by atoms with Crippen LogP contribution in [0.4, 0.5) is 0 Å². The number of hydrogen-bond acceptors (Lipinski definition) is 5. The van der Waals surface area contributed by atoms with Crippen molar-refractivity contribution in [2.24, 2.45) is 0 Å². The molecular weight excluding hydrogens is 248 g/mol. The number of allylic oxidation sites excluding steroid dienone is 2. The number of carbonyl (C=O) groups excluding carboxylic acids is 2. The molecule has 1 rings (SSSR count). The predicted octanol–water partition coefficient (Wildman–Crippen LogP) is 2.72. The standard InChI is InChI=1S/C8H14O3.C6H8O2/c1-3-4-6-11-8(9)5-7-10-2;1-5(7)8-6-3-2-4-6/h5,7H,3-4,6H2,1-2H3;3H,2,4H2,1H3. The van der Waals surface area contributed by atoms with E-state index in [9.17, 15) is 9.59 Å². The first-order valence-corrected chi connectivity index (χ1v) is 6.33. The first kappa shape index (κ1) is 17.2. The van der Waals surface area contributed by atoms with Gasteiger partial charge in [-0.05, 0) is 18.9 Å². The second-order valence-corrected chi connectivity index (χ2v) is 3.86. The molecule has 0 saturated carbocycles. The summed E-state index contributed by atoms with van der Waals surface area (Å²) in [6.45, 7) is 3.95. The average Bonchev–Trinajstić information content (AvgIpc) is 2.32. The Kier molecular flexibility index (Phi) is 10.3. The van der Waals surface area contributed by atoms with E-state index in [1.165, 1.54) is 26.4 Å². The van der Waals surface area contributed by atoms with Gasteiger partial charge in [0.2, 0.25) is 0 Å². The third kappa shape index (κ3) is 11.1. The second kappa shape index (κ2) is 11.3. The summed E-state index contributed by atoms with van der Waals surface area (Å²) >= 11 is 0. The Labute approximate surface area is 114 Å². The van der Waals surface area contributed by atoms with Gasteiger partial charge in [-0.2, -0.15) is 0 Å². The molecule has 5 heteroatoms. The third-order valence-electron chi connectivity index (χ3n) is 2.12. The summed E-state index contributed by atoms with van der Waals surface area (Å²) in [4.78, 5) is 20.9. The fourth-order valence-electron chi connectivity index (χ4n) is 1.03. The van der Waals surface area contributed by atoms with Crippen molar-refractivity contribution in [2.75, 3.05) is 13.7 Å². The molecule has 1 aliphatic rings. The highest BCUT2D eigenvalue weighted by Crippen LogP contribution is 2.18. The van der Waals surface area contributed by atoms with Gasteiger partial charge in [-0.25, -0.2) is 4.79 Å². The number of esters is 2. The zero-order chi connectivity index (χ0) is 14.5. The van der Waals surface area contributed by atoms with Crippen molar-refractivity contribution in [3.05, 3.63) is 24.2 Å². The monoisotopic (exact) mass is 270 g/mol. The van der Waals surface area contributed by atoms with E-state index in [-0.39, 0.29) is 11.9 Å². The highest BCUT2D eigenvalue weighted by Gasteiger charge is 2.07. The maximum atomic E-state index is 10.7. The Morgan fingerprint density at radius 3 is 2.47 bits per heavy atom. The smallest absolute Gasteiger partial charge is 0.333 e. The average molecular weight is 270 g/mol. The van der Waals surface area contributed by atoms with Gasteiger partial charge < -0.3 is 14.2 Å². The topological polar surface area (TPSA) is 61.8 Å². The van der Waals surface area contributed by atoms with Gasteiger partial charge in [0.05, 0.1) is 26.1 Å². The van der Waals surface area contributed by atoms with Gasteiger partial charge in [0.1, 0.15) is 5.76 Å². The molecule has 0 spiro atoms. The van der Waals surface area contributed by atoms with E-state index in [0.717, 1.165) is 31.4 Å². The number of rotatable bonds is 6. The molecule has 0 amide bonds. The van der Waals surface area contributed by atoms with Crippen LogP contribution < -0.4 is 0 Å². The lowest BCUT2D eigenvalue weighted by Crippen LogP contribution is -2.03.